The van der Waals surface area contributed by atoms with Crippen LogP contribution in [0.4, 0.5) is 27.2 Å². The first kappa shape index (κ1) is 46.7. The normalized spacial score (nSPS) is 14.8. The number of amides is 3. The number of nitrogens with one attached hydrogen (secondary N) is 4. The molecule has 5 rings (SSSR count). The number of aliphatic hydroxyl groups is 1. The van der Waals surface area contributed by atoms with Gasteiger partial charge in [0.2, 0.25) is 0 Å². The highest BCUT2D eigenvalue weighted by molar-refractivity contribution is 7.17. The number of ether oxygens (including phenoxy) is 2. The molecular formula is C43H56ClN9O7S. The van der Waals surface area contributed by atoms with Gasteiger partial charge < -0.3 is 40.7 Å². The van der Waals surface area contributed by atoms with E-state index in [0.717, 1.165) is 16.9 Å². The molecule has 1 aliphatic rings. The molecule has 1 aliphatic heterocycles. The number of alkyl carbamates (subject to hydrolysis) is 1. The first-order valence-corrected chi connectivity index (χ1v) is 21.4. The average Bonchev–Trinajstić information content (AvgIpc) is 3.66. The number of piperazine rings is 1. The lowest BCUT2D eigenvalue weighted by Gasteiger charge is -2.35. The van der Waals surface area contributed by atoms with Crippen molar-refractivity contribution in [2.75, 3.05) is 54.9 Å². The lowest BCUT2D eigenvalue weighted by atomic mass is 9.99. The van der Waals surface area contributed by atoms with Gasteiger partial charge in [0.05, 0.1) is 22.9 Å². The van der Waals surface area contributed by atoms with Crippen LogP contribution in [0.2, 0.25) is 5.02 Å². The number of aromatic nitrogens is 3. The van der Waals surface area contributed by atoms with Crippen molar-refractivity contribution in [1.29, 1.82) is 0 Å². The summed E-state index contributed by atoms with van der Waals surface area (Å²) in [4.78, 5) is 70.7. The van der Waals surface area contributed by atoms with Crippen LogP contribution in [-0.2, 0) is 25.5 Å². The summed E-state index contributed by atoms with van der Waals surface area (Å²) in [5.41, 5.74) is 1.41. The van der Waals surface area contributed by atoms with Crippen molar-refractivity contribution < 1.29 is 33.8 Å². The molecule has 3 atom stereocenters. The number of nitrogens with zero attached hydrogens (tertiary/aromatic N) is 5. The van der Waals surface area contributed by atoms with Crippen molar-refractivity contribution in [2.24, 2.45) is 5.92 Å². The van der Waals surface area contributed by atoms with Crippen molar-refractivity contribution in [3.8, 4) is 0 Å². The van der Waals surface area contributed by atoms with Crippen molar-refractivity contribution in [3.63, 3.8) is 0 Å². The van der Waals surface area contributed by atoms with Gasteiger partial charge in [-0.15, -0.1) is 0 Å². The zero-order chi connectivity index (χ0) is 44.3. The zero-order valence-corrected chi connectivity index (χ0v) is 37.2. The minimum absolute atomic E-state index is 0.0270. The number of hydrogen-bond donors (Lipinski definition) is 5. The summed E-state index contributed by atoms with van der Waals surface area (Å²) in [6, 6.07) is 14.4. The van der Waals surface area contributed by atoms with Gasteiger partial charge in [-0.05, 0) is 70.6 Å². The maximum absolute atomic E-state index is 13.4. The number of benzene rings is 2. The van der Waals surface area contributed by atoms with E-state index in [1.54, 1.807) is 26.8 Å². The standard InChI is InChI=1S/C43H56ClN9O7S/c1-26(2)22-32(48-39(56)37(54)31(23-29-13-9-8-10-14-29)49-42(58)60-43(5,6)7)40(57)59-21-20-52-16-18-53(19-17-52)35-24-34(46-28(4)47-35)50-41-45-25-33(61-41)38(55)51-36-27(3)12-11-15-30(36)44/h8-15,24-26,31-32,37,54H,16-23H2,1-7H3,(H,48,56)(H,49,58)(H,51,55)(H,45,46,47,50)/t31-,32+,37+/m1/s1. The lowest BCUT2D eigenvalue weighted by Crippen LogP contribution is -2.55. The van der Waals surface area contributed by atoms with Gasteiger partial charge >= 0.3 is 12.1 Å². The molecule has 2 aromatic carbocycles. The minimum atomic E-state index is -1.68. The molecule has 0 spiro atoms. The number of aliphatic hydroxyl groups excluding tert-OH is 1. The topological polar surface area (TPSA) is 200 Å². The Hall–Kier alpha value is -5.36. The van der Waals surface area contributed by atoms with E-state index < -0.39 is 41.8 Å². The van der Waals surface area contributed by atoms with Gasteiger partial charge in [0, 0.05) is 38.8 Å². The molecule has 18 heteroatoms. The maximum atomic E-state index is 13.4. The zero-order valence-electron chi connectivity index (χ0n) is 35.7. The third kappa shape index (κ3) is 14.4. The molecule has 3 amide bonds. The quantitative estimate of drug-likeness (QED) is 0.0788. The third-order valence-electron chi connectivity index (χ3n) is 9.56. The van der Waals surface area contributed by atoms with E-state index in [1.807, 2.05) is 76.2 Å². The number of aryl methyl sites for hydroxylation is 2. The summed E-state index contributed by atoms with van der Waals surface area (Å²) >= 11 is 7.49. The summed E-state index contributed by atoms with van der Waals surface area (Å²) < 4.78 is 11.1. The van der Waals surface area contributed by atoms with Crippen LogP contribution in [0.1, 0.15) is 67.7 Å². The molecule has 0 radical (unpaired) electrons. The maximum Gasteiger partial charge on any atom is 0.407 e. The average molecular weight is 878 g/mol. The van der Waals surface area contributed by atoms with Crippen molar-refractivity contribution in [1.82, 2.24) is 30.5 Å². The lowest BCUT2D eigenvalue weighted by molar-refractivity contribution is -0.150. The van der Waals surface area contributed by atoms with Crippen LogP contribution >= 0.6 is 22.9 Å². The van der Waals surface area contributed by atoms with Crippen molar-refractivity contribution in [3.05, 3.63) is 87.6 Å². The number of rotatable bonds is 17. The van der Waals surface area contributed by atoms with E-state index in [-0.39, 0.29) is 31.3 Å². The van der Waals surface area contributed by atoms with Crippen LogP contribution in [0.5, 0.6) is 0 Å². The van der Waals surface area contributed by atoms with Crippen LogP contribution in [0, 0.1) is 19.8 Å². The van der Waals surface area contributed by atoms with E-state index in [4.69, 9.17) is 21.1 Å². The molecule has 2 aromatic heterocycles. The highest BCUT2D eigenvalue weighted by Crippen LogP contribution is 2.29. The molecule has 3 heterocycles. The Morgan fingerprint density at radius 2 is 1.69 bits per heavy atom. The minimum Gasteiger partial charge on any atom is -0.463 e. The molecule has 61 heavy (non-hydrogen) atoms. The number of hydrogen-bond acceptors (Lipinski definition) is 14. The Bertz CT molecular complexity index is 2100. The Labute approximate surface area is 365 Å². The second-order valence-electron chi connectivity index (χ2n) is 16.3. The molecule has 16 nitrogen and oxygen atoms in total. The van der Waals surface area contributed by atoms with Gasteiger partial charge in [0.1, 0.15) is 40.6 Å². The highest BCUT2D eigenvalue weighted by Gasteiger charge is 2.33. The second-order valence-corrected chi connectivity index (χ2v) is 17.7. The number of esters is 1. The summed E-state index contributed by atoms with van der Waals surface area (Å²) in [5, 5.41) is 23.5. The number of thiazole rings is 1. The Kier molecular flexibility index (Phi) is 16.4. The first-order valence-electron chi connectivity index (χ1n) is 20.2. The van der Waals surface area contributed by atoms with Gasteiger partial charge in [0.15, 0.2) is 11.2 Å². The molecule has 0 saturated carbocycles. The first-order chi connectivity index (χ1) is 28.9. The fourth-order valence-electron chi connectivity index (χ4n) is 6.56. The largest absolute Gasteiger partial charge is 0.463 e. The summed E-state index contributed by atoms with van der Waals surface area (Å²) in [5.74, 6) is 0.155. The van der Waals surface area contributed by atoms with Gasteiger partial charge in [-0.25, -0.2) is 24.5 Å². The Morgan fingerprint density at radius 3 is 2.36 bits per heavy atom. The van der Waals surface area contributed by atoms with Crippen LogP contribution in [0.15, 0.2) is 60.8 Å². The molecule has 1 saturated heterocycles. The fraction of sp³-hybridized carbons (Fsp3) is 0.465. The summed E-state index contributed by atoms with van der Waals surface area (Å²) in [6.07, 6.45) is -0.515. The molecule has 5 N–H and O–H groups in total. The van der Waals surface area contributed by atoms with Crippen LogP contribution in [-0.4, -0.2) is 112 Å². The highest BCUT2D eigenvalue weighted by atomic mass is 35.5. The smallest absolute Gasteiger partial charge is 0.407 e. The number of halogens is 1. The fourth-order valence-corrected chi connectivity index (χ4v) is 7.55. The van der Waals surface area contributed by atoms with E-state index in [0.29, 0.717) is 65.1 Å². The van der Waals surface area contributed by atoms with E-state index in [2.05, 4.69) is 46.0 Å². The molecule has 4 aromatic rings. The van der Waals surface area contributed by atoms with E-state index in [1.165, 1.54) is 17.5 Å². The van der Waals surface area contributed by atoms with Crippen LogP contribution in [0.3, 0.4) is 0 Å². The summed E-state index contributed by atoms with van der Waals surface area (Å²) in [6.45, 7) is 16.0. The molecule has 0 unspecified atom stereocenters. The SMILES string of the molecule is Cc1nc(Nc2ncc(C(=O)Nc3c(C)cccc3Cl)s2)cc(N2CCN(CCOC(=O)[C@H](CC(C)C)NC(=O)[C@@H](O)[C@@H](Cc3ccccc3)NC(=O)OC(C)(C)C)CC2)n1. The molecule has 0 bridgehead atoms. The summed E-state index contributed by atoms with van der Waals surface area (Å²) in [7, 11) is 0. The van der Waals surface area contributed by atoms with Gasteiger partial charge in [-0.3, -0.25) is 14.5 Å². The molecule has 328 valence electrons. The monoisotopic (exact) mass is 877 g/mol. The Morgan fingerprint density at radius 1 is 0.967 bits per heavy atom. The van der Waals surface area contributed by atoms with Crippen LogP contribution < -0.4 is 26.2 Å². The predicted molar refractivity (Wildman–Crippen MR) is 237 cm³/mol. The van der Waals surface area contributed by atoms with Gasteiger partial charge in [-0.1, -0.05) is 79.2 Å². The number of carbonyl (C=O) groups is 4. The number of para-hydroxylation sites is 1. The molecular weight excluding hydrogens is 822 g/mol. The Balaban J connectivity index is 1.11. The second kappa shape index (κ2) is 21.4. The number of anilines is 4. The van der Waals surface area contributed by atoms with Gasteiger partial charge in [0.25, 0.3) is 11.8 Å². The molecule has 0 aliphatic carbocycles. The third-order valence-corrected chi connectivity index (χ3v) is 10.8. The predicted octanol–water partition coefficient (Wildman–Crippen LogP) is 5.89. The van der Waals surface area contributed by atoms with E-state index >= 15 is 0 Å². The van der Waals surface area contributed by atoms with Crippen molar-refractivity contribution in [2.45, 2.75) is 85.1 Å². The molecule has 1 fully saturated rings. The van der Waals surface area contributed by atoms with Crippen LogP contribution in [0.25, 0.3) is 0 Å². The number of carbonyl (C=O) groups excluding carboxylic acids is 4. The van der Waals surface area contributed by atoms with Gasteiger partial charge in [-0.2, -0.15) is 0 Å². The van der Waals surface area contributed by atoms with E-state index in [9.17, 15) is 24.3 Å². The van der Waals surface area contributed by atoms with Crippen molar-refractivity contribution >= 4 is 69.3 Å².